The lowest BCUT2D eigenvalue weighted by atomic mass is 10.4. The SMILES string of the molecule is CCNc1cc(N(CC(N)=O)CC(N)=O)nc(C)n1. The maximum absolute atomic E-state index is 11.0. The average molecular weight is 266 g/mol. The van der Waals surface area contributed by atoms with Crippen molar-refractivity contribution in [3.8, 4) is 0 Å². The summed E-state index contributed by atoms with van der Waals surface area (Å²) in [4.78, 5) is 31.8. The first-order valence-electron chi connectivity index (χ1n) is 5.83. The molecule has 19 heavy (non-hydrogen) atoms. The third-order valence-electron chi connectivity index (χ3n) is 2.20. The molecule has 0 aliphatic heterocycles. The van der Waals surface area contributed by atoms with Crippen LogP contribution >= 0.6 is 0 Å². The fourth-order valence-electron chi connectivity index (χ4n) is 1.58. The van der Waals surface area contributed by atoms with Gasteiger partial charge in [0.15, 0.2) is 0 Å². The Morgan fingerprint density at radius 2 is 1.84 bits per heavy atom. The highest BCUT2D eigenvalue weighted by Crippen LogP contribution is 2.15. The van der Waals surface area contributed by atoms with Crippen LogP contribution in [0.3, 0.4) is 0 Å². The number of carbonyl (C=O) groups excluding carboxylic acids is 2. The second-order valence-electron chi connectivity index (χ2n) is 3.98. The Kier molecular flexibility index (Phi) is 5.04. The van der Waals surface area contributed by atoms with E-state index in [2.05, 4.69) is 15.3 Å². The zero-order valence-corrected chi connectivity index (χ0v) is 11.0. The standard InChI is InChI=1S/C11H18N6O2/c1-3-14-10-4-11(16-7(2)15-10)17(5-8(12)18)6-9(13)19/h4H,3,5-6H2,1-2H3,(H2,12,18)(H2,13,19)(H,14,15,16). The summed E-state index contributed by atoms with van der Waals surface area (Å²) >= 11 is 0. The summed E-state index contributed by atoms with van der Waals surface area (Å²) in [5.74, 6) is 0.433. The summed E-state index contributed by atoms with van der Waals surface area (Å²) in [5.41, 5.74) is 10.3. The van der Waals surface area contributed by atoms with Gasteiger partial charge in [-0.2, -0.15) is 0 Å². The molecule has 1 aromatic rings. The number of amides is 2. The van der Waals surface area contributed by atoms with Crippen molar-refractivity contribution < 1.29 is 9.59 Å². The Hall–Kier alpha value is -2.38. The van der Waals surface area contributed by atoms with Crippen LogP contribution in [0.5, 0.6) is 0 Å². The molecule has 104 valence electrons. The van der Waals surface area contributed by atoms with Crippen LogP contribution in [-0.4, -0.2) is 41.4 Å². The maximum atomic E-state index is 11.0. The van der Waals surface area contributed by atoms with E-state index < -0.39 is 11.8 Å². The van der Waals surface area contributed by atoms with Crippen LogP contribution in [0.25, 0.3) is 0 Å². The van der Waals surface area contributed by atoms with Gasteiger partial charge in [-0.3, -0.25) is 9.59 Å². The number of nitrogens with one attached hydrogen (secondary N) is 1. The Labute approximate surface area is 111 Å². The van der Waals surface area contributed by atoms with Crippen LogP contribution in [0.2, 0.25) is 0 Å². The predicted molar refractivity (Wildman–Crippen MR) is 71.5 cm³/mol. The molecule has 0 saturated carbocycles. The van der Waals surface area contributed by atoms with Crippen molar-refractivity contribution in [3.63, 3.8) is 0 Å². The van der Waals surface area contributed by atoms with Crippen molar-refractivity contribution in [1.82, 2.24) is 9.97 Å². The molecule has 2 amide bonds. The van der Waals surface area contributed by atoms with E-state index in [4.69, 9.17) is 11.5 Å². The van der Waals surface area contributed by atoms with Crippen LogP contribution < -0.4 is 21.7 Å². The van der Waals surface area contributed by atoms with Gasteiger partial charge in [0.1, 0.15) is 17.5 Å². The molecular weight excluding hydrogens is 248 g/mol. The fraction of sp³-hybridized carbons (Fsp3) is 0.455. The van der Waals surface area contributed by atoms with E-state index in [1.54, 1.807) is 13.0 Å². The van der Waals surface area contributed by atoms with Crippen molar-refractivity contribution in [2.45, 2.75) is 13.8 Å². The van der Waals surface area contributed by atoms with Gasteiger partial charge in [0.05, 0.1) is 13.1 Å². The van der Waals surface area contributed by atoms with Gasteiger partial charge >= 0.3 is 0 Å². The summed E-state index contributed by atoms with van der Waals surface area (Å²) in [7, 11) is 0. The number of nitrogens with two attached hydrogens (primary N) is 2. The number of aromatic nitrogens is 2. The van der Waals surface area contributed by atoms with Crippen LogP contribution in [-0.2, 0) is 9.59 Å². The number of carbonyl (C=O) groups is 2. The van der Waals surface area contributed by atoms with E-state index >= 15 is 0 Å². The van der Waals surface area contributed by atoms with Crippen molar-refractivity contribution in [1.29, 1.82) is 0 Å². The molecule has 8 heteroatoms. The molecule has 0 aromatic carbocycles. The molecule has 0 bridgehead atoms. The molecule has 1 rings (SSSR count). The minimum absolute atomic E-state index is 0.134. The van der Waals surface area contributed by atoms with E-state index in [1.807, 2.05) is 6.92 Å². The first kappa shape index (κ1) is 14.7. The van der Waals surface area contributed by atoms with Crippen LogP contribution in [0.15, 0.2) is 6.07 Å². The molecule has 0 spiro atoms. The summed E-state index contributed by atoms with van der Waals surface area (Å²) in [5, 5.41) is 3.04. The topological polar surface area (TPSA) is 127 Å². The first-order chi connectivity index (χ1) is 8.92. The van der Waals surface area contributed by atoms with E-state index in [1.165, 1.54) is 4.90 Å². The molecule has 0 aliphatic rings. The highest BCUT2D eigenvalue weighted by molar-refractivity contribution is 5.84. The molecule has 0 saturated heterocycles. The van der Waals surface area contributed by atoms with Gasteiger partial charge in [-0.25, -0.2) is 9.97 Å². The Bertz CT molecular complexity index is 460. The number of anilines is 2. The number of hydrogen-bond donors (Lipinski definition) is 3. The highest BCUT2D eigenvalue weighted by Gasteiger charge is 2.15. The van der Waals surface area contributed by atoms with Gasteiger partial charge in [0.25, 0.3) is 0 Å². The first-order valence-corrected chi connectivity index (χ1v) is 5.83. The Balaban J connectivity index is 3.05. The molecule has 0 fully saturated rings. The van der Waals surface area contributed by atoms with Gasteiger partial charge < -0.3 is 21.7 Å². The van der Waals surface area contributed by atoms with Crippen molar-refractivity contribution in [3.05, 3.63) is 11.9 Å². The summed E-state index contributed by atoms with van der Waals surface area (Å²) < 4.78 is 0. The third kappa shape index (κ3) is 4.78. The molecule has 1 heterocycles. The number of aryl methyl sites for hydroxylation is 1. The fourth-order valence-corrected chi connectivity index (χ4v) is 1.58. The summed E-state index contributed by atoms with van der Waals surface area (Å²) in [6.07, 6.45) is 0. The second kappa shape index (κ2) is 6.53. The minimum atomic E-state index is -0.567. The van der Waals surface area contributed by atoms with E-state index in [-0.39, 0.29) is 13.1 Å². The zero-order valence-electron chi connectivity index (χ0n) is 11.0. The van der Waals surface area contributed by atoms with Crippen LogP contribution in [0.1, 0.15) is 12.7 Å². The lowest BCUT2D eigenvalue weighted by molar-refractivity contribution is -0.117. The van der Waals surface area contributed by atoms with Crippen molar-refractivity contribution >= 4 is 23.5 Å². The van der Waals surface area contributed by atoms with Crippen molar-refractivity contribution in [2.24, 2.45) is 11.5 Å². The molecule has 0 radical (unpaired) electrons. The number of nitrogens with zero attached hydrogens (tertiary/aromatic N) is 3. The lowest BCUT2D eigenvalue weighted by Crippen LogP contribution is -2.40. The Morgan fingerprint density at radius 3 is 2.32 bits per heavy atom. The van der Waals surface area contributed by atoms with Crippen LogP contribution in [0.4, 0.5) is 11.6 Å². The van der Waals surface area contributed by atoms with Crippen LogP contribution in [0, 0.1) is 6.92 Å². The minimum Gasteiger partial charge on any atom is -0.370 e. The van der Waals surface area contributed by atoms with Gasteiger partial charge in [0, 0.05) is 12.6 Å². The maximum Gasteiger partial charge on any atom is 0.237 e. The smallest absolute Gasteiger partial charge is 0.237 e. The highest BCUT2D eigenvalue weighted by atomic mass is 16.2. The van der Waals surface area contributed by atoms with Gasteiger partial charge in [-0.15, -0.1) is 0 Å². The largest absolute Gasteiger partial charge is 0.370 e. The number of rotatable bonds is 7. The summed E-state index contributed by atoms with van der Waals surface area (Å²) in [6.45, 7) is 4.08. The van der Waals surface area contributed by atoms with Gasteiger partial charge in [-0.05, 0) is 13.8 Å². The molecule has 0 atom stereocenters. The molecular formula is C11H18N6O2. The Morgan fingerprint density at radius 1 is 1.26 bits per heavy atom. The quantitative estimate of drug-likeness (QED) is 0.580. The molecule has 0 unspecified atom stereocenters. The normalized spacial score (nSPS) is 10.0. The lowest BCUT2D eigenvalue weighted by Gasteiger charge is -2.21. The molecule has 0 aliphatic carbocycles. The average Bonchev–Trinajstić information content (AvgIpc) is 2.26. The molecule has 8 nitrogen and oxygen atoms in total. The zero-order chi connectivity index (χ0) is 14.4. The summed E-state index contributed by atoms with van der Waals surface area (Å²) in [6, 6.07) is 1.64. The molecule has 5 N–H and O–H groups in total. The predicted octanol–water partition coefficient (Wildman–Crippen LogP) is -1.01. The number of primary amides is 2. The third-order valence-corrected chi connectivity index (χ3v) is 2.20. The van der Waals surface area contributed by atoms with E-state index in [0.717, 1.165) is 0 Å². The van der Waals surface area contributed by atoms with E-state index in [9.17, 15) is 9.59 Å². The van der Waals surface area contributed by atoms with E-state index in [0.29, 0.717) is 24.0 Å². The number of hydrogen-bond acceptors (Lipinski definition) is 6. The van der Waals surface area contributed by atoms with Gasteiger partial charge in [0.2, 0.25) is 11.8 Å². The van der Waals surface area contributed by atoms with Crippen molar-refractivity contribution in [2.75, 3.05) is 29.9 Å². The van der Waals surface area contributed by atoms with Gasteiger partial charge in [-0.1, -0.05) is 0 Å². The monoisotopic (exact) mass is 266 g/mol. The second-order valence-corrected chi connectivity index (χ2v) is 3.98. The molecule has 1 aromatic heterocycles.